The number of aryl methyl sites for hydroxylation is 1. The Morgan fingerprint density at radius 2 is 2.21 bits per heavy atom. The fraction of sp³-hybridized carbons (Fsp3) is 0.625. The SMILES string of the molecule is Cc1cc(Cl)ccc1O[C@@H](CC(C)C)[C@@H]1CCNC1. The molecule has 3 heteroatoms. The molecular weight excluding hydrogens is 258 g/mol. The number of rotatable bonds is 5. The van der Waals surface area contributed by atoms with E-state index in [1.807, 2.05) is 18.2 Å². The zero-order chi connectivity index (χ0) is 13.8. The van der Waals surface area contributed by atoms with Gasteiger partial charge in [0.05, 0.1) is 0 Å². The highest BCUT2D eigenvalue weighted by atomic mass is 35.5. The molecule has 1 aliphatic heterocycles. The molecule has 2 rings (SSSR count). The molecule has 0 radical (unpaired) electrons. The first-order chi connectivity index (χ1) is 9.06. The van der Waals surface area contributed by atoms with Crippen LogP contribution in [0.15, 0.2) is 18.2 Å². The van der Waals surface area contributed by atoms with Crippen molar-refractivity contribution < 1.29 is 4.74 Å². The second kappa shape index (κ2) is 6.62. The summed E-state index contributed by atoms with van der Waals surface area (Å²) >= 11 is 6.00. The van der Waals surface area contributed by atoms with Gasteiger partial charge in [0, 0.05) is 17.5 Å². The number of nitrogens with one attached hydrogen (secondary N) is 1. The van der Waals surface area contributed by atoms with Gasteiger partial charge in [0.1, 0.15) is 11.9 Å². The van der Waals surface area contributed by atoms with Gasteiger partial charge in [0.15, 0.2) is 0 Å². The average Bonchev–Trinajstić information content (AvgIpc) is 2.84. The van der Waals surface area contributed by atoms with E-state index in [1.165, 1.54) is 6.42 Å². The van der Waals surface area contributed by atoms with Crippen molar-refractivity contribution in [3.8, 4) is 5.75 Å². The summed E-state index contributed by atoms with van der Waals surface area (Å²) in [7, 11) is 0. The molecule has 0 saturated carbocycles. The average molecular weight is 282 g/mol. The Kier molecular flexibility index (Phi) is 5.12. The summed E-state index contributed by atoms with van der Waals surface area (Å²) in [5, 5.41) is 4.21. The maximum Gasteiger partial charge on any atom is 0.122 e. The molecule has 1 aromatic rings. The largest absolute Gasteiger partial charge is 0.490 e. The third-order valence-electron chi connectivity index (χ3n) is 3.74. The van der Waals surface area contributed by atoms with Gasteiger partial charge in [0.2, 0.25) is 0 Å². The van der Waals surface area contributed by atoms with Crippen LogP contribution in [0.2, 0.25) is 5.02 Å². The number of hydrogen-bond donors (Lipinski definition) is 1. The summed E-state index contributed by atoms with van der Waals surface area (Å²) in [4.78, 5) is 0. The number of benzene rings is 1. The van der Waals surface area contributed by atoms with E-state index in [1.54, 1.807) is 0 Å². The van der Waals surface area contributed by atoms with Gasteiger partial charge in [-0.25, -0.2) is 0 Å². The molecule has 1 saturated heterocycles. The Bertz CT molecular complexity index is 413. The minimum absolute atomic E-state index is 0.301. The van der Waals surface area contributed by atoms with Gasteiger partial charge in [0.25, 0.3) is 0 Å². The third-order valence-corrected chi connectivity index (χ3v) is 3.98. The standard InChI is InChI=1S/C16H24ClNO/c1-11(2)8-16(13-6-7-18-10-13)19-15-5-4-14(17)9-12(15)3/h4-5,9,11,13,16,18H,6-8,10H2,1-3H3/t13-,16+/m1/s1. The van der Waals surface area contributed by atoms with Gasteiger partial charge < -0.3 is 10.1 Å². The van der Waals surface area contributed by atoms with Crippen LogP contribution < -0.4 is 10.1 Å². The van der Waals surface area contributed by atoms with Crippen molar-refractivity contribution in [1.82, 2.24) is 5.32 Å². The predicted molar refractivity (Wildman–Crippen MR) is 81.0 cm³/mol. The monoisotopic (exact) mass is 281 g/mol. The van der Waals surface area contributed by atoms with Crippen molar-refractivity contribution in [2.45, 2.75) is 39.7 Å². The molecule has 1 aromatic carbocycles. The maximum absolute atomic E-state index is 6.30. The summed E-state index contributed by atoms with van der Waals surface area (Å²) in [5.74, 6) is 2.25. The molecular formula is C16H24ClNO. The van der Waals surface area contributed by atoms with E-state index in [0.717, 1.165) is 35.8 Å². The minimum atomic E-state index is 0.301. The van der Waals surface area contributed by atoms with E-state index < -0.39 is 0 Å². The second-order valence-electron chi connectivity index (χ2n) is 5.95. The second-order valence-corrected chi connectivity index (χ2v) is 6.38. The normalized spacial score (nSPS) is 20.8. The molecule has 2 atom stereocenters. The zero-order valence-electron chi connectivity index (χ0n) is 12.1. The number of ether oxygens (including phenoxy) is 1. The highest BCUT2D eigenvalue weighted by Gasteiger charge is 2.27. The van der Waals surface area contributed by atoms with Gasteiger partial charge in [-0.1, -0.05) is 25.4 Å². The molecule has 0 aromatic heterocycles. The molecule has 1 N–H and O–H groups in total. The topological polar surface area (TPSA) is 21.3 Å². The fourth-order valence-corrected chi connectivity index (χ4v) is 2.93. The van der Waals surface area contributed by atoms with Crippen molar-refractivity contribution in [1.29, 1.82) is 0 Å². The van der Waals surface area contributed by atoms with Crippen molar-refractivity contribution in [3.63, 3.8) is 0 Å². The molecule has 19 heavy (non-hydrogen) atoms. The van der Waals surface area contributed by atoms with E-state index in [0.29, 0.717) is 17.9 Å². The first kappa shape index (κ1) is 14.7. The van der Waals surface area contributed by atoms with Gasteiger partial charge in [-0.3, -0.25) is 0 Å². The smallest absolute Gasteiger partial charge is 0.122 e. The Labute approximate surface area is 121 Å². The van der Waals surface area contributed by atoms with E-state index in [2.05, 4.69) is 26.1 Å². The maximum atomic E-state index is 6.30. The van der Waals surface area contributed by atoms with Gasteiger partial charge in [-0.15, -0.1) is 0 Å². The van der Waals surface area contributed by atoms with Gasteiger partial charge in [-0.2, -0.15) is 0 Å². The highest BCUT2D eigenvalue weighted by Crippen LogP contribution is 2.28. The molecule has 0 spiro atoms. The Hall–Kier alpha value is -0.730. The van der Waals surface area contributed by atoms with Gasteiger partial charge in [-0.05, 0) is 56.0 Å². The number of halogens is 1. The first-order valence-electron chi connectivity index (χ1n) is 7.19. The first-order valence-corrected chi connectivity index (χ1v) is 7.57. The van der Waals surface area contributed by atoms with E-state index in [9.17, 15) is 0 Å². The molecule has 1 heterocycles. The molecule has 2 nitrogen and oxygen atoms in total. The van der Waals surface area contributed by atoms with Crippen molar-refractivity contribution in [2.75, 3.05) is 13.1 Å². The van der Waals surface area contributed by atoms with Crippen molar-refractivity contribution in [2.24, 2.45) is 11.8 Å². The lowest BCUT2D eigenvalue weighted by atomic mass is 9.93. The van der Waals surface area contributed by atoms with Crippen LogP contribution in [-0.2, 0) is 0 Å². The molecule has 0 amide bonds. The minimum Gasteiger partial charge on any atom is -0.490 e. The molecule has 0 aliphatic carbocycles. The summed E-state index contributed by atoms with van der Waals surface area (Å²) in [6, 6.07) is 5.87. The lowest BCUT2D eigenvalue weighted by molar-refractivity contribution is 0.119. The van der Waals surface area contributed by atoms with E-state index in [4.69, 9.17) is 16.3 Å². The highest BCUT2D eigenvalue weighted by molar-refractivity contribution is 6.30. The van der Waals surface area contributed by atoms with Crippen LogP contribution >= 0.6 is 11.6 Å². The fourth-order valence-electron chi connectivity index (χ4n) is 2.70. The lowest BCUT2D eigenvalue weighted by Crippen LogP contribution is -2.30. The zero-order valence-corrected chi connectivity index (χ0v) is 12.8. The van der Waals surface area contributed by atoms with Crippen LogP contribution in [0.4, 0.5) is 0 Å². The van der Waals surface area contributed by atoms with Crippen LogP contribution in [0.5, 0.6) is 5.75 Å². The van der Waals surface area contributed by atoms with Gasteiger partial charge >= 0.3 is 0 Å². The Balaban J connectivity index is 2.09. The van der Waals surface area contributed by atoms with Crippen LogP contribution in [-0.4, -0.2) is 19.2 Å². The van der Waals surface area contributed by atoms with Crippen LogP contribution in [0, 0.1) is 18.8 Å². The van der Waals surface area contributed by atoms with Crippen molar-refractivity contribution >= 4 is 11.6 Å². The van der Waals surface area contributed by atoms with Crippen LogP contribution in [0.25, 0.3) is 0 Å². The molecule has 1 fully saturated rings. The molecule has 0 unspecified atom stereocenters. The van der Waals surface area contributed by atoms with Crippen LogP contribution in [0.3, 0.4) is 0 Å². The summed E-state index contributed by atoms with van der Waals surface area (Å²) in [6.45, 7) is 8.76. The quantitative estimate of drug-likeness (QED) is 0.879. The molecule has 0 bridgehead atoms. The van der Waals surface area contributed by atoms with E-state index in [-0.39, 0.29) is 0 Å². The predicted octanol–water partition coefficient (Wildman–Crippen LogP) is 4.05. The Morgan fingerprint density at radius 1 is 1.42 bits per heavy atom. The summed E-state index contributed by atoms with van der Waals surface area (Å²) in [6.07, 6.45) is 2.62. The summed E-state index contributed by atoms with van der Waals surface area (Å²) < 4.78 is 6.30. The van der Waals surface area contributed by atoms with E-state index >= 15 is 0 Å². The summed E-state index contributed by atoms with van der Waals surface area (Å²) in [5.41, 5.74) is 1.12. The number of hydrogen-bond acceptors (Lipinski definition) is 2. The Morgan fingerprint density at radius 3 is 2.79 bits per heavy atom. The van der Waals surface area contributed by atoms with Crippen LogP contribution in [0.1, 0.15) is 32.3 Å². The van der Waals surface area contributed by atoms with Crippen molar-refractivity contribution in [3.05, 3.63) is 28.8 Å². The molecule has 106 valence electrons. The lowest BCUT2D eigenvalue weighted by Gasteiger charge is -2.26. The molecule has 1 aliphatic rings. The third kappa shape index (κ3) is 4.12.